The molecule has 1 aliphatic carbocycles. The molecule has 1 atom stereocenters. The summed E-state index contributed by atoms with van der Waals surface area (Å²) in [6, 6.07) is 10.9. The van der Waals surface area contributed by atoms with E-state index in [1.165, 1.54) is 37.7 Å². The van der Waals surface area contributed by atoms with Crippen LogP contribution in [0.4, 0.5) is 0 Å². The van der Waals surface area contributed by atoms with Crippen LogP contribution in [0.2, 0.25) is 0 Å². The van der Waals surface area contributed by atoms with Gasteiger partial charge >= 0.3 is 0 Å². The second-order valence-electron chi connectivity index (χ2n) is 4.89. The fourth-order valence-corrected chi connectivity index (χ4v) is 3.26. The van der Waals surface area contributed by atoms with Crippen LogP contribution in [0, 0.1) is 5.92 Å². The van der Waals surface area contributed by atoms with Gasteiger partial charge in [-0.05, 0) is 36.7 Å². The lowest BCUT2D eigenvalue weighted by atomic mass is 9.75. The predicted octanol–water partition coefficient (Wildman–Crippen LogP) is 4.98. The summed E-state index contributed by atoms with van der Waals surface area (Å²) in [7, 11) is 0. The molecule has 16 heavy (non-hydrogen) atoms. The third kappa shape index (κ3) is 3.01. The van der Waals surface area contributed by atoms with E-state index in [0.29, 0.717) is 5.92 Å². The molecule has 1 aromatic rings. The molecule has 1 fully saturated rings. The first-order chi connectivity index (χ1) is 7.92. The Morgan fingerprint density at radius 2 is 1.75 bits per heavy atom. The summed E-state index contributed by atoms with van der Waals surface area (Å²) in [6.07, 6.45) is 8.19. The van der Waals surface area contributed by atoms with Crippen molar-refractivity contribution >= 4 is 11.6 Å². The van der Waals surface area contributed by atoms with Crippen molar-refractivity contribution in [2.45, 2.75) is 44.4 Å². The molecule has 0 aromatic heterocycles. The van der Waals surface area contributed by atoms with Crippen molar-refractivity contribution in [2.75, 3.05) is 5.88 Å². The van der Waals surface area contributed by atoms with Crippen LogP contribution in [0.5, 0.6) is 0 Å². The molecule has 0 N–H and O–H groups in total. The van der Waals surface area contributed by atoms with Crippen LogP contribution in [0.25, 0.3) is 0 Å². The smallest absolute Gasteiger partial charge is 0.0229 e. The molecule has 0 amide bonds. The summed E-state index contributed by atoms with van der Waals surface area (Å²) in [4.78, 5) is 0. The molecule has 0 saturated heterocycles. The lowest BCUT2D eigenvalue weighted by Gasteiger charge is -2.30. The molecule has 0 heterocycles. The van der Waals surface area contributed by atoms with Crippen LogP contribution >= 0.6 is 11.6 Å². The highest BCUT2D eigenvalue weighted by atomic mass is 35.5. The Morgan fingerprint density at radius 1 is 1.06 bits per heavy atom. The van der Waals surface area contributed by atoms with Gasteiger partial charge in [-0.15, -0.1) is 11.6 Å². The first-order valence-electron chi connectivity index (χ1n) is 6.52. The summed E-state index contributed by atoms with van der Waals surface area (Å²) >= 11 is 5.97. The SMILES string of the molecule is ClCCC(c1ccccc1)C1CCCCC1. The Labute approximate surface area is 104 Å². The molecule has 88 valence electrons. The van der Waals surface area contributed by atoms with E-state index in [0.717, 1.165) is 18.2 Å². The maximum Gasteiger partial charge on any atom is 0.0229 e. The molecule has 0 radical (unpaired) electrons. The van der Waals surface area contributed by atoms with E-state index in [2.05, 4.69) is 30.3 Å². The van der Waals surface area contributed by atoms with Gasteiger partial charge in [-0.25, -0.2) is 0 Å². The average Bonchev–Trinajstić information content (AvgIpc) is 2.38. The number of hydrogen-bond donors (Lipinski definition) is 0. The summed E-state index contributed by atoms with van der Waals surface area (Å²) in [5.41, 5.74) is 1.50. The van der Waals surface area contributed by atoms with Crippen molar-refractivity contribution in [1.29, 1.82) is 0 Å². The number of benzene rings is 1. The Balaban J connectivity index is 2.09. The fraction of sp³-hybridized carbons (Fsp3) is 0.600. The fourth-order valence-electron chi connectivity index (χ4n) is 3.03. The highest BCUT2D eigenvalue weighted by Gasteiger charge is 2.24. The Morgan fingerprint density at radius 3 is 2.38 bits per heavy atom. The molecular formula is C15H21Cl. The van der Waals surface area contributed by atoms with Gasteiger partial charge < -0.3 is 0 Å². The number of rotatable bonds is 4. The van der Waals surface area contributed by atoms with E-state index >= 15 is 0 Å². The lowest BCUT2D eigenvalue weighted by Crippen LogP contribution is -2.16. The Kier molecular flexibility index (Phi) is 4.71. The zero-order valence-electron chi connectivity index (χ0n) is 9.87. The van der Waals surface area contributed by atoms with Gasteiger partial charge in [0, 0.05) is 5.88 Å². The highest BCUT2D eigenvalue weighted by molar-refractivity contribution is 6.17. The van der Waals surface area contributed by atoms with Crippen molar-refractivity contribution in [2.24, 2.45) is 5.92 Å². The first-order valence-corrected chi connectivity index (χ1v) is 7.06. The van der Waals surface area contributed by atoms with E-state index < -0.39 is 0 Å². The van der Waals surface area contributed by atoms with E-state index in [9.17, 15) is 0 Å². The number of halogens is 1. The largest absolute Gasteiger partial charge is 0.127 e. The third-order valence-corrected chi connectivity index (χ3v) is 4.08. The van der Waals surface area contributed by atoms with E-state index in [-0.39, 0.29) is 0 Å². The second kappa shape index (κ2) is 6.30. The monoisotopic (exact) mass is 236 g/mol. The summed E-state index contributed by atoms with van der Waals surface area (Å²) in [6.45, 7) is 0. The molecule has 1 unspecified atom stereocenters. The zero-order chi connectivity index (χ0) is 11.2. The summed E-state index contributed by atoms with van der Waals surface area (Å²) in [5.74, 6) is 2.35. The minimum Gasteiger partial charge on any atom is -0.127 e. The second-order valence-corrected chi connectivity index (χ2v) is 5.27. The third-order valence-electron chi connectivity index (χ3n) is 3.87. The van der Waals surface area contributed by atoms with Gasteiger partial charge in [0.15, 0.2) is 0 Å². The van der Waals surface area contributed by atoms with E-state index in [4.69, 9.17) is 11.6 Å². The van der Waals surface area contributed by atoms with Gasteiger partial charge in [0.05, 0.1) is 0 Å². The van der Waals surface area contributed by atoms with Crippen molar-refractivity contribution in [3.63, 3.8) is 0 Å². The molecule has 0 aliphatic heterocycles. The van der Waals surface area contributed by atoms with E-state index in [1.54, 1.807) is 0 Å². The Bertz CT molecular complexity index is 288. The summed E-state index contributed by atoms with van der Waals surface area (Å²) in [5, 5.41) is 0. The van der Waals surface area contributed by atoms with Crippen molar-refractivity contribution in [1.82, 2.24) is 0 Å². The van der Waals surface area contributed by atoms with Gasteiger partial charge in [0.1, 0.15) is 0 Å². The van der Waals surface area contributed by atoms with Crippen molar-refractivity contribution in [3.8, 4) is 0 Å². The minimum absolute atomic E-state index is 0.694. The van der Waals surface area contributed by atoms with Crippen LogP contribution in [0.3, 0.4) is 0 Å². The van der Waals surface area contributed by atoms with Crippen LogP contribution < -0.4 is 0 Å². The number of alkyl halides is 1. The highest BCUT2D eigenvalue weighted by Crippen LogP contribution is 2.38. The molecular weight excluding hydrogens is 216 g/mol. The average molecular weight is 237 g/mol. The first kappa shape index (κ1) is 12.0. The molecule has 1 heteroatoms. The summed E-state index contributed by atoms with van der Waals surface area (Å²) < 4.78 is 0. The van der Waals surface area contributed by atoms with E-state index in [1.807, 2.05) is 0 Å². The molecule has 1 aliphatic rings. The van der Waals surface area contributed by atoms with Gasteiger partial charge in [-0.3, -0.25) is 0 Å². The predicted molar refractivity (Wildman–Crippen MR) is 71.1 cm³/mol. The maximum absolute atomic E-state index is 5.97. The van der Waals surface area contributed by atoms with Crippen molar-refractivity contribution < 1.29 is 0 Å². The molecule has 1 aromatic carbocycles. The van der Waals surface area contributed by atoms with Crippen LogP contribution in [0.15, 0.2) is 30.3 Å². The zero-order valence-corrected chi connectivity index (χ0v) is 10.6. The standard InChI is InChI=1S/C15H21Cl/c16-12-11-15(13-7-3-1-4-8-13)14-9-5-2-6-10-14/h1,3-4,7-8,14-15H,2,5-6,9-12H2. The normalized spacial score (nSPS) is 19.6. The van der Waals surface area contributed by atoms with Crippen LogP contribution in [0.1, 0.15) is 50.0 Å². The molecule has 0 spiro atoms. The maximum atomic E-state index is 5.97. The molecule has 0 nitrogen and oxygen atoms in total. The van der Waals surface area contributed by atoms with Gasteiger partial charge in [-0.2, -0.15) is 0 Å². The molecule has 1 saturated carbocycles. The van der Waals surface area contributed by atoms with Crippen LogP contribution in [-0.4, -0.2) is 5.88 Å². The van der Waals surface area contributed by atoms with Gasteiger partial charge in [0.2, 0.25) is 0 Å². The van der Waals surface area contributed by atoms with Gasteiger partial charge in [-0.1, -0.05) is 49.6 Å². The van der Waals surface area contributed by atoms with Crippen molar-refractivity contribution in [3.05, 3.63) is 35.9 Å². The quantitative estimate of drug-likeness (QED) is 0.647. The van der Waals surface area contributed by atoms with Crippen LogP contribution in [-0.2, 0) is 0 Å². The lowest BCUT2D eigenvalue weighted by molar-refractivity contribution is 0.300. The number of hydrogen-bond acceptors (Lipinski definition) is 0. The Hall–Kier alpha value is -0.490. The molecule has 2 rings (SSSR count). The topological polar surface area (TPSA) is 0 Å². The van der Waals surface area contributed by atoms with Gasteiger partial charge in [0.25, 0.3) is 0 Å². The molecule has 0 bridgehead atoms. The minimum atomic E-state index is 0.694.